The first kappa shape index (κ1) is 11.7. The number of ketones is 1. The van der Waals surface area contributed by atoms with Gasteiger partial charge in [0.15, 0.2) is 0 Å². The van der Waals surface area contributed by atoms with Gasteiger partial charge >= 0.3 is 0 Å². The van der Waals surface area contributed by atoms with E-state index < -0.39 is 0 Å². The molecule has 0 amide bonds. The maximum Gasteiger partial charge on any atom is 0.136 e. The van der Waals surface area contributed by atoms with Crippen molar-refractivity contribution in [2.75, 3.05) is 6.54 Å². The van der Waals surface area contributed by atoms with Crippen LogP contribution in [0, 0.1) is 11.8 Å². The van der Waals surface area contributed by atoms with Crippen LogP contribution in [0.1, 0.15) is 51.9 Å². The molecule has 14 heavy (non-hydrogen) atoms. The lowest BCUT2D eigenvalue weighted by Crippen LogP contribution is -2.22. The van der Waals surface area contributed by atoms with E-state index >= 15 is 0 Å². The van der Waals surface area contributed by atoms with E-state index in [0.29, 0.717) is 24.7 Å². The van der Waals surface area contributed by atoms with Crippen molar-refractivity contribution in [1.29, 1.82) is 0 Å². The molecular formula is C12H23NO. The molecule has 0 saturated heterocycles. The third-order valence-corrected chi connectivity index (χ3v) is 3.51. The Labute approximate surface area is 87.2 Å². The van der Waals surface area contributed by atoms with Gasteiger partial charge in [-0.15, -0.1) is 0 Å². The Morgan fingerprint density at radius 1 is 1.29 bits per heavy atom. The lowest BCUT2D eigenvalue weighted by atomic mass is 9.78. The van der Waals surface area contributed by atoms with E-state index in [4.69, 9.17) is 5.73 Å². The molecule has 0 atom stereocenters. The Hall–Kier alpha value is -0.370. The maximum absolute atomic E-state index is 11.7. The van der Waals surface area contributed by atoms with E-state index in [1.165, 1.54) is 19.3 Å². The number of carbonyl (C=O) groups is 1. The first-order valence-corrected chi connectivity index (χ1v) is 6.00. The van der Waals surface area contributed by atoms with E-state index in [9.17, 15) is 4.79 Å². The highest BCUT2D eigenvalue weighted by Gasteiger charge is 2.24. The smallest absolute Gasteiger partial charge is 0.136 e. The first-order valence-electron chi connectivity index (χ1n) is 6.00. The van der Waals surface area contributed by atoms with Crippen LogP contribution in [0.4, 0.5) is 0 Å². The fourth-order valence-corrected chi connectivity index (χ4v) is 2.37. The Kier molecular flexibility index (Phi) is 5.16. The zero-order chi connectivity index (χ0) is 10.4. The number of nitrogens with two attached hydrogens (primary N) is 1. The van der Waals surface area contributed by atoms with Crippen LogP contribution in [0.5, 0.6) is 0 Å². The monoisotopic (exact) mass is 197 g/mol. The molecule has 1 fully saturated rings. The van der Waals surface area contributed by atoms with Gasteiger partial charge in [-0.1, -0.05) is 13.3 Å². The largest absolute Gasteiger partial charge is 0.330 e. The SMILES string of the molecule is CCC1CCC(C(=O)CCCN)CC1. The van der Waals surface area contributed by atoms with Crippen LogP contribution in [0.2, 0.25) is 0 Å². The molecule has 0 radical (unpaired) electrons. The summed E-state index contributed by atoms with van der Waals surface area (Å²) in [5.74, 6) is 1.71. The molecule has 0 aromatic carbocycles. The first-order chi connectivity index (χ1) is 6.77. The van der Waals surface area contributed by atoms with Crippen LogP contribution in [-0.4, -0.2) is 12.3 Å². The molecule has 2 nitrogen and oxygen atoms in total. The molecule has 2 N–H and O–H groups in total. The van der Waals surface area contributed by atoms with Crippen molar-refractivity contribution in [2.45, 2.75) is 51.9 Å². The van der Waals surface area contributed by atoms with Gasteiger partial charge in [-0.25, -0.2) is 0 Å². The minimum Gasteiger partial charge on any atom is -0.330 e. The highest BCUT2D eigenvalue weighted by molar-refractivity contribution is 5.81. The van der Waals surface area contributed by atoms with Crippen LogP contribution in [0.3, 0.4) is 0 Å². The number of hydrogen-bond acceptors (Lipinski definition) is 2. The summed E-state index contributed by atoms with van der Waals surface area (Å²) in [6, 6.07) is 0. The highest BCUT2D eigenvalue weighted by Crippen LogP contribution is 2.31. The van der Waals surface area contributed by atoms with Gasteiger partial charge in [-0.2, -0.15) is 0 Å². The standard InChI is InChI=1S/C12H23NO/c1-2-10-5-7-11(8-6-10)12(14)4-3-9-13/h10-11H,2-9,13H2,1H3. The van der Waals surface area contributed by atoms with Crippen molar-refractivity contribution in [3.8, 4) is 0 Å². The summed E-state index contributed by atoms with van der Waals surface area (Å²) in [5, 5.41) is 0. The Bertz CT molecular complexity index is 171. The molecule has 1 saturated carbocycles. The molecule has 0 heterocycles. The van der Waals surface area contributed by atoms with E-state index in [2.05, 4.69) is 6.92 Å². The number of Topliss-reactive ketones (excluding diaryl/α,β-unsaturated/α-hetero) is 1. The minimum absolute atomic E-state index is 0.365. The molecular weight excluding hydrogens is 174 g/mol. The predicted molar refractivity (Wildman–Crippen MR) is 59.0 cm³/mol. The molecule has 1 aliphatic carbocycles. The molecule has 2 heteroatoms. The van der Waals surface area contributed by atoms with Gasteiger partial charge in [-0.05, 0) is 44.6 Å². The number of carbonyl (C=O) groups excluding carboxylic acids is 1. The van der Waals surface area contributed by atoms with Gasteiger partial charge in [0.2, 0.25) is 0 Å². The van der Waals surface area contributed by atoms with Gasteiger partial charge in [-0.3, -0.25) is 4.79 Å². The summed E-state index contributed by atoms with van der Waals surface area (Å²) in [6.07, 6.45) is 7.63. The molecule has 82 valence electrons. The molecule has 0 bridgehead atoms. The zero-order valence-electron chi connectivity index (χ0n) is 9.30. The molecule has 1 rings (SSSR count). The van der Waals surface area contributed by atoms with Gasteiger partial charge in [0.1, 0.15) is 5.78 Å². The quantitative estimate of drug-likeness (QED) is 0.736. The van der Waals surface area contributed by atoms with Crippen LogP contribution >= 0.6 is 0 Å². The second-order valence-corrected chi connectivity index (χ2v) is 4.48. The van der Waals surface area contributed by atoms with E-state index in [1.807, 2.05) is 0 Å². The normalized spacial score (nSPS) is 27.6. The van der Waals surface area contributed by atoms with Gasteiger partial charge < -0.3 is 5.73 Å². The van der Waals surface area contributed by atoms with Crippen LogP contribution in [0.15, 0.2) is 0 Å². The predicted octanol–water partition coefficient (Wildman–Crippen LogP) is 2.51. The van der Waals surface area contributed by atoms with Crippen molar-refractivity contribution < 1.29 is 4.79 Å². The second-order valence-electron chi connectivity index (χ2n) is 4.48. The lowest BCUT2D eigenvalue weighted by molar-refractivity contribution is -0.124. The van der Waals surface area contributed by atoms with Gasteiger partial charge in [0.05, 0.1) is 0 Å². The highest BCUT2D eigenvalue weighted by atomic mass is 16.1. The van der Waals surface area contributed by atoms with Crippen LogP contribution in [0.25, 0.3) is 0 Å². The third-order valence-electron chi connectivity index (χ3n) is 3.51. The minimum atomic E-state index is 0.365. The van der Waals surface area contributed by atoms with Gasteiger partial charge in [0, 0.05) is 12.3 Å². The fraction of sp³-hybridized carbons (Fsp3) is 0.917. The molecule has 0 aromatic rings. The summed E-state index contributed by atoms with van der Waals surface area (Å²) < 4.78 is 0. The van der Waals surface area contributed by atoms with Crippen molar-refractivity contribution in [3.63, 3.8) is 0 Å². The lowest BCUT2D eigenvalue weighted by Gasteiger charge is -2.26. The fourth-order valence-electron chi connectivity index (χ4n) is 2.37. The molecule has 0 spiro atoms. The summed E-state index contributed by atoms with van der Waals surface area (Å²) in [5.41, 5.74) is 5.40. The van der Waals surface area contributed by atoms with Crippen LogP contribution in [-0.2, 0) is 4.79 Å². The Morgan fingerprint density at radius 2 is 1.93 bits per heavy atom. The summed E-state index contributed by atoms with van der Waals surface area (Å²) in [4.78, 5) is 11.7. The summed E-state index contributed by atoms with van der Waals surface area (Å²) in [6.45, 7) is 2.90. The summed E-state index contributed by atoms with van der Waals surface area (Å²) >= 11 is 0. The van der Waals surface area contributed by atoms with Crippen molar-refractivity contribution in [3.05, 3.63) is 0 Å². The average Bonchev–Trinajstić information content (AvgIpc) is 2.26. The third kappa shape index (κ3) is 3.41. The molecule has 1 aliphatic rings. The van der Waals surface area contributed by atoms with E-state index in [1.54, 1.807) is 0 Å². The van der Waals surface area contributed by atoms with Crippen LogP contribution < -0.4 is 5.73 Å². The Balaban J connectivity index is 2.23. The van der Waals surface area contributed by atoms with Crippen molar-refractivity contribution in [2.24, 2.45) is 17.6 Å². The average molecular weight is 197 g/mol. The van der Waals surface area contributed by atoms with Gasteiger partial charge in [0.25, 0.3) is 0 Å². The van der Waals surface area contributed by atoms with E-state index in [0.717, 1.165) is 25.2 Å². The topological polar surface area (TPSA) is 43.1 Å². The Morgan fingerprint density at radius 3 is 2.43 bits per heavy atom. The summed E-state index contributed by atoms with van der Waals surface area (Å²) in [7, 11) is 0. The van der Waals surface area contributed by atoms with Crippen molar-refractivity contribution >= 4 is 5.78 Å². The van der Waals surface area contributed by atoms with E-state index in [-0.39, 0.29) is 0 Å². The number of rotatable bonds is 5. The number of hydrogen-bond donors (Lipinski definition) is 1. The second kappa shape index (κ2) is 6.18. The van der Waals surface area contributed by atoms with Crippen molar-refractivity contribution in [1.82, 2.24) is 0 Å². The molecule has 0 aliphatic heterocycles. The molecule has 0 unspecified atom stereocenters. The maximum atomic E-state index is 11.7. The molecule has 0 aromatic heterocycles. The zero-order valence-corrected chi connectivity index (χ0v) is 9.30.